The first-order chi connectivity index (χ1) is 10.8. The van der Waals surface area contributed by atoms with Gasteiger partial charge in [0.1, 0.15) is 0 Å². The number of para-hydroxylation sites is 1. The minimum atomic E-state index is 0.0988. The molecule has 0 fully saturated rings. The average Bonchev–Trinajstić information content (AvgIpc) is 3.11. The average molecular weight is 313 g/mol. The van der Waals surface area contributed by atoms with Gasteiger partial charge in [-0.1, -0.05) is 29.8 Å². The third kappa shape index (κ3) is 1.98. The first-order valence-corrected chi connectivity index (χ1v) is 7.35. The van der Waals surface area contributed by atoms with Gasteiger partial charge in [0.2, 0.25) is 0 Å². The van der Waals surface area contributed by atoms with Crippen LogP contribution in [0.2, 0.25) is 5.02 Å². The second-order valence-electron chi connectivity index (χ2n) is 5.13. The van der Waals surface area contributed by atoms with E-state index in [4.69, 9.17) is 16.7 Å². The molecule has 0 unspecified atom stereocenters. The van der Waals surface area contributed by atoms with Crippen molar-refractivity contribution in [3.8, 4) is 11.1 Å². The van der Waals surface area contributed by atoms with Crippen molar-refractivity contribution in [2.24, 2.45) is 0 Å². The molecule has 0 aliphatic rings. The maximum atomic E-state index is 9.02. The maximum absolute atomic E-state index is 9.02. The topological polar surface area (TPSA) is 66.2 Å². The smallest absolute Gasteiger partial charge is 0.162 e. The molecule has 1 aromatic carbocycles. The molecule has 2 N–H and O–H groups in total. The van der Waals surface area contributed by atoms with Crippen LogP contribution in [-0.4, -0.2) is 31.3 Å². The van der Waals surface area contributed by atoms with Gasteiger partial charge >= 0.3 is 0 Å². The highest BCUT2D eigenvalue weighted by molar-refractivity contribution is 6.36. The molecule has 0 saturated heterocycles. The lowest BCUT2D eigenvalue weighted by Crippen LogP contribution is -1.97. The molecule has 5 nitrogen and oxygen atoms in total. The SMILES string of the molecule is OCCc1cnc2c(-c3cccc4c(Cl)c[nH]c34)cnn2c1. The number of benzene rings is 1. The van der Waals surface area contributed by atoms with Crippen LogP contribution in [0.1, 0.15) is 5.56 Å². The summed E-state index contributed by atoms with van der Waals surface area (Å²) in [6.45, 7) is 0.0988. The van der Waals surface area contributed by atoms with Crippen molar-refractivity contribution < 1.29 is 5.11 Å². The van der Waals surface area contributed by atoms with E-state index in [1.807, 2.05) is 24.4 Å². The van der Waals surface area contributed by atoms with Crippen molar-refractivity contribution in [3.05, 3.63) is 53.6 Å². The molecule has 0 radical (unpaired) electrons. The Morgan fingerprint density at radius 3 is 3.00 bits per heavy atom. The molecule has 0 atom stereocenters. The molecule has 0 amide bonds. The number of nitrogens with zero attached hydrogens (tertiary/aromatic N) is 3. The van der Waals surface area contributed by atoms with Gasteiger partial charge in [0, 0.05) is 41.7 Å². The van der Waals surface area contributed by atoms with Crippen LogP contribution >= 0.6 is 11.6 Å². The fourth-order valence-corrected chi connectivity index (χ4v) is 2.92. The third-order valence-electron chi connectivity index (χ3n) is 3.77. The van der Waals surface area contributed by atoms with Gasteiger partial charge in [0.05, 0.1) is 16.7 Å². The number of halogens is 1. The fourth-order valence-electron chi connectivity index (χ4n) is 2.71. The molecule has 3 heterocycles. The van der Waals surface area contributed by atoms with Gasteiger partial charge in [-0.05, 0) is 12.0 Å². The van der Waals surface area contributed by atoms with E-state index in [0.29, 0.717) is 11.4 Å². The number of hydrogen-bond acceptors (Lipinski definition) is 3. The van der Waals surface area contributed by atoms with Crippen LogP contribution in [0.25, 0.3) is 27.7 Å². The monoisotopic (exact) mass is 312 g/mol. The third-order valence-corrected chi connectivity index (χ3v) is 4.08. The fraction of sp³-hybridized carbons (Fsp3) is 0.125. The highest BCUT2D eigenvalue weighted by Gasteiger charge is 2.13. The van der Waals surface area contributed by atoms with Crippen molar-refractivity contribution in [3.63, 3.8) is 0 Å². The van der Waals surface area contributed by atoms with Gasteiger partial charge in [0.15, 0.2) is 5.65 Å². The number of aromatic nitrogens is 4. The van der Waals surface area contributed by atoms with Crippen LogP contribution in [0.5, 0.6) is 0 Å². The molecule has 4 rings (SSSR count). The Balaban J connectivity index is 1.93. The molecule has 110 valence electrons. The highest BCUT2D eigenvalue weighted by Crippen LogP contribution is 2.33. The largest absolute Gasteiger partial charge is 0.396 e. The van der Waals surface area contributed by atoms with E-state index in [1.54, 1.807) is 23.1 Å². The molecule has 4 aromatic rings. The van der Waals surface area contributed by atoms with Crippen molar-refractivity contribution >= 4 is 28.2 Å². The van der Waals surface area contributed by atoms with Crippen LogP contribution in [0.15, 0.2) is 43.0 Å². The second kappa shape index (κ2) is 5.12. The van der Waals surface area contributed by atoms with E-state index in [2.05, 4.69) is 15.1 Å². The summed E-state index contributed by atoms with van der Waals surface area (Å²) >= 11 is 6.19. The molecule has 0 aliphatic heterocycles. The lowest BCUT2D eigenvalue weighted by molar-refractivity contribution is 0.299. The summed E-state index contributed by atoms with van der Waals surface area (Å²) in [5, 5.41) is 15.1. The van der Waals surface area contributed by atoms with Crippen molar-refractivity contribution in [1.82, 2.24) is 19.6 Å². The first-order valence-electron chi connectivity index (χ1n) is 6.97. The van der Waals surface area contributed by atoms with Gasteiger partial charge in [-0.25, -0.2) is 9.50 Å². The van der Waals surface area contributed by atoms with Crippen molar-refractivity contribution in [2.45, 2.75) is 6.42 Å². The first kappa shape index (κ1) is 13.3. The van der Waals surface area contributed by atoms with Gasteiger partial charge in [0.25, 0.3) is 0 Å². The molecular formula is C16H13ClN4O. The number of aliphatic hydroxyl groups is 1. The van der Waals surface area contributed by atoms with E-state index in [0.717, 1.165) is 33.2 Å². The maximum Gasteiger partial charge on any atom is 0.162 e. The number of aromatic amines is 1. The molecular weight excluding hydrogens is 300 g/mol. The predicted octanol–water partition coefficient (Wildman–Crippen LogP) is 3.07. The summed E-state index contributed by atoms with van der Waals surface area (Å²) in [5.41, 5.74) is 4.66. The quantitative estimate of drug-likeness (QED) is 0.611. The van der Waals surface area contributed by atoms with E-state index in [9.17, 15) is 0 Å². The number of nitrogens with one attached hydrogen (secondary N) is 1. The molecule has 3 aromatic heterocycles. The summed E-state index contributed by atoms with van der Waals surface area (Å²) in [6.07, 6.45) is 7.82. The van der Waals surface area contributed by atoms with Crippen LogP contribution in [0.3, 0.4) is 0 Å². The molecule has 0 aliphatic carbocycles. The van der Waals surface area contributed by atoms with E-state index in [1.165, 1.54) is 0 Å². The Morgan fingerprint density at radius 2 is 2.14 bits per heavy atom. The van der Waals surface area contributed by atoms with Crippen molar-refractivity contribution in [2.75, 3.05) is 6.61 Å². The number of aliphatic hydroxyl groups excluding tert-OH is 1. The van der Waals surface area contributed by atoms with E-state index >= 15 is 0 Å². The number of fused-ring (bicyclic) bond motifs is 2. The van der Waals surface area contributed by atoms with Crippen LogP contribution in [0.4, 0.5) is 0 Å². The molecule has 22 heavy (non-hydrogen) atoms. The molecule has 0 spiro atoms. The van der Waals surface area contributed by atoms with Crippen LogP contribution < -0.4 is 0 Å². The number of H-pyrrole nitrogens is 1. The summed E-state index contributed by atoms with van der Waals surface area (Å²) in [7, 11) is 0. The zero-order valence-electron chi connectivity index (χ0n) is 11.6. The Labute approximate surface area is 131 Å². The standard InChI is InChI=1S/C16H13ClN4O/c17-14-8-18-15-11(2-1-3-12(14)15)13-7-20-21-9-10(4-5-22)6-19-16(13)21/h1-3,6-9,18,22H,4-5H2. The number of rotatable bonds is 3. The van der Waals surface area contributed by atoms with Crippen LogP contribution in [-0.2, 0) is 6.42 Å². The van der Waals surface area contributed by atoms with E-state index < -0.39 is 0 Å². The second-order valence-corrected chi connectivity index (χ2v) is 5.53. The Kier molecular flexibility index (Phi) is 3.10. The zero-order chi connectivity index (χ0) is 15.1. The van der Waals surface area contributed by atoms with Gasteiger partial charge < -0.3 is 10.1 Å². The lowest BCUT2D eigenvalue weighted by Gasteiger charge is -2.03. The van der Waals surface area contributed by atoms with Crippen LogP contribution in [0, 0.1) is 0 Å². The highest BCUT2D eigenvalue weighted by atomic mass is 35.5. The Morgan fingerprint density at radius 1 is 1.23 bits per heavy atom. The summed E-state index contributed by atoms with van der Waals surface area (Å²) in [6, 6.07) is 5.98. The predicted molar refractivity (Wildman–Crippen MR) is 86.1 cm³/mol. The molecule has 6 heteroatoms. The Hall–Kier alpha value is -2.37. The number of hydrogen-bond donors (Lipinski definition) is 2. The van der Waals surface area contributed by atoms with E-state index in [-0.39, 0.29) is 6.61 Å². The minimum absolute atomic E-state index is 0.0988. The summed E-state index contributed by atoms with van der Waals surface area (Å²) < 4.78 is 1.74. The van der Waals surface area contributed by atoms with Gasteiger partial charge in [-0.2, -0.15) is 5.10 Å². The minimum Gasteiger partial charge on any atom is -0.396 e. The van der Waals surface area contributed by atoms with Gasteiger partial charge in [-0.3, -0.25) is 0 Å². The zero-order valence-corrected chi connectivity index (χ0v) is 12.4. The van der Waals surface area contributed by atoms with Gasteiger partial charge in [-0.15, -0.1) is 0 Å². The summed E-state index contributed by atoms with van der Waals surface area (Å²) in [4.78, 5) is 7.70. The van der Waals surface area contributed by atoms with Crippen molar-refractivity contribution in [1.29, 1.82) is 0 Å². The molecule has 0 bridgehead atoms. The Bertz CT molecular complexity index is 973. The normalized spacial score (nSPS) is 11.5. The lowest BCUT2D eigenvalue weighted by atomic mass is 10.1. The molecule has 0 saturated carbocycles. The summed E-state index contributed by atoms with van der Waals surface area (Å²) in [5.74, 6) is 0.